The first kappa shape index (κ1) is 18.8. The first-order chi connectivity index (χ1) is 14.5. The first-order valence-corrected chi connectivity index (χ1v) is 10.0. The van der Waals surface area contributed by atoms with Crippen LogP contribution < -0.4 is 5.32 Å². The van der Waals surface area contributed by atoms with Gasteiger partial charge in [-0.25, -0.2) is 9.98 Å². The fourth-order valence-corrected chi connectivity index (χ4v) is 4.16. The van der Waals surface area contributed by atoms with Crippen LogP contribution in [0, 0.1) is 6.92 Å². The minimum Gasteiger partial charge on any atom is -0.346 e. The Morgan fingerprint density at radius 2 is 1.90 bits per heavy atom. The number of pyridine rings is 1. The van der Waals surface area contributed by atoms with Gasteiger partial charge in [0.2, 0.25) is 0 Å². The summed E-state index contributed by atoms with van der Waals surface area (Å²) in [4.78, 5) is 25.9. The van der Waals surface area contributed by atoms with Crippen molar-refractivity contribution >= 4 is 51.5 Å². The molecule has 6 nitrogen and oxygen atoms in total. The highest BCUT2D eigenvalue weighted by Gasteiger charge is 2.21. The number of nitrogens with one attached hydrogen (secondary N) is 1. The number of aryl methyl sites for hydroxylation is 1. The van der Waals surface area contributed by atoms with E-state index in [0.717, 1.165) is 28.1 Å². The molecule has 0 radical (unpaired) electrons. The fraction of sp³-hybridized carbons (Fsp3) is 0.0909. The number of aliphatic imine (C=N–C) groups is 1. The number of benzene rings is 2. The number of carbonyl (C=O) groups is 1. The molecule has 30 heavy (non-hydrogen) atoms. The van der Waals surface area contributed by atoms with Crippen molar-refractivity contribution in [1.29, 1.82) is 0 Å². The van der Waals surface area contributed by atoms with Gasteiger partial charge in [0.25, 0.3) is 5.91 Å². The number of halogens is 2. The molecule has 1 N–H and O–H groups in total. The van der Waals surface area contributed by atoms with Gasteiger partial charge in [-0.2, -0.15) is 0 Å². The van der Waals surface area contributed by atoms with Gasteiger partial charge in [0.15, 0.2) is 0 Å². The molecule has 2 aromatic heterocycles. The second-order valence-corrected chi connectivity index (χ2v) is 7.77. The maximum atomic E-state index is 12.4. The summed E-state index contributed by atoms with van der Waals surface area (Å²) < 4.78 is 2.05. The average Bonchev–Trinajstić information content (AvgIpc) is 2.98. The van der Waals surface area contributed by atoms with E-state index in [1.54, 1.807) is 24.5 Å². The zero-order chi connectivity index (χ0) is 20.8. The average molecular weight is 436 g/mol. The van der Waals surface area contributed by atoms with E-state index in [2.05, 4.69) is 24.8 Å². The van der Waals surface area contributed by atoms with Crippen molar-refractivity contribution < 1.29 is 4.79 Å². The molecule has 2 aromatic carbocycles. The molecule has 3 heterocycles. The molecule has 1 aliphatic rings. The number of aromatic nitrogens is 3. The zero-order valence-electron chi connectivity index (χ0n) is 15.9. The molecule has 0 spiro atoms. The monoisotopic (exact) mass is 435 g/mol. The summed E-state index contributed by atoms with van der Waals surface area (Å²) >= 11 is 12.4. The van der Waals surface area contributed by atoms with Gasteiger partial charge in [-0.05, 0) is 42.8 Å². The molecule has 1 aliphatic heterocycles. The van der Waals surface area contributed by atoms with Gasteiger partial charge < -0.3 is 5.32 Å². The maximum Gasteiger partial charge on any atom is 0.253 e. The lowest BCUT2D eigenvalue weighted by Gasteiger charge is -2.09. The quantitative estimate of drug-likeness (QED) is 0.486. The first-order valence-electron chi connectivity index (χ1n) is 9.26. The number of fused-ring (bicyclic) bond motifs is 2. The van der Waals surface area contributed by atoms with Crippen molar-refractivity contribution in [3.8, 4) is 5.69 Å². The fourth-order valence-electron chi connectivity index (χ4n) is 3.63. The smallest absolute Gasteiger partial charge is 0.253 e. The van der Waals surface area contributed by atoms with Crippen molar-refractivity contribution in [3.05, 3.63) is 81.9 Å². The van der Waals surface area contributed by atoms with Crippen LogP contribution in [0.3, 0.4) is 0 Å². The summed E-state index contributed by atoms with van der Waals surface area (Å²) in [6, 6.07) is 13.0. The van der Waals surface area contributed by atoms with E-state index in [4.69, 9.17) is 23.2 Å². The summed E-state index contributed by atoms with van der Waals surface area (Å²) in [6.45, 7) is 2.25. The Labute approximate surface area is 182 Å². The van der Waals surface area contributed by atoms with Crippen LogP contribution in [0.15, 0.2) is 59.9 Å². The van der Waals surface area contributed by atoms with Gasteiger partial charge in [-0.1, -0.05) is 35.3 Å². The normalized spacial score (nSPS) is 13.6. The van der Waals surface area contributed by atoms with Gasteiger partial charge in [0, 0.05) is 16.9 Å². The van der Waals surface area contributed by atoms with E-state index < -0.39 is 0 Å². The molecule has 0 saturated carbocycles. The van der Waals surface area contributed by atoms with Crippen molar-refractivity contribution in [2.45, 2.75) is 6.92 Å². The minimum atomic E-state index is -0.252. The van der Waals surface area contributed by atoms with Crippen LogP contribution in [0.25, 0.3) is 16.7 Å². The second-order valence-electron chi connectivity index (χ2n) is 6.93. The van der Waals surface area contributed by atoms with Crippen molar-refractivity contribution in [3.63, 3.8) is 0 Å². The summed E-state index contributed by atoms with van der Waals surface area (Å²) in [7, 11) is 0. The summed E-state index contributed by atoms with van der Waals surface area (Å²) in [5, 5.41) is 3.61. The number of amides is 1. The third-order valence-corrected chi connectivity index (χ3v) is 5.53. The van der Waals surface area contributed by atoms with Crippen LogP contribution >= 0.6 is 23.2 Å². The molecule has 8 heteroatoms. The highest BCUT2D eigenvalue weighted by Crippen LogP contribution is 2.34. The van der Waals surface area contributed by atoms with Crippen LogP contribution in [0.2, 0.25) is 10.0 Å². The van der Waals surface area contributed by atoms with Crippen LogP contribution in [-0.2, 0) is 0 Å². The van der Waals surface area contributed by atoms with Crippen molar-refractivity contribution in [2.24, 2.45) is 4.99 Å². The van der Waals surface area contributed by atoms with E-state index in [1.165, 1.54) is 0 Å². The van der Waals surface area contributed by atoms with E-state index in [0.29, 0.717) is 27.0 Å². The van der Waals surface area contributed by atoms with Crippen molar-refractivity contribution in [2.75, 3.05) is 6.54 Å². The van der Waals surface area contributed by atoms with Crippen molar-refractivity contribution in [1.82, 2.24) is 19.9 Å². The molecule has 0 aliphatic carbocycles. The summed E-state index contributed by atoms with van der Waals surface area (Å²) in [6.07, 6.45) is 3.54. The molecule has 0 atom stereocenters. The lowest BCUT2D eigenvalue weighted by molar-refractivity contribution is 0.0961. The Morgan fingerprint density at radius 3 is 2.70 bits per heavy atom. The molecule has 148 valence electrons. The molecule has 4 aromatic rings. The number of hydrogen-bond donors (Lipinski definition) is 1. The number of hydrogen-bond acceptors (Lipinski definition) is 4. The Hall–Kier alpha value is -3.22. The Morgan fingerprint density at radius 1 is 1.10 bits per heavy atom. The molecule has 0 unspecified atom stereocenters. The lowest BCUT2D eigenvalue weighted by Crippen LogP contribution is -2.28. The van der Waals surface area contributed by atoms with Crippen LogP contribution in [0.5, 0.6) is 0 Å². The number of nitrogens with zero attached hydrogens (tertiary/aromatic N) is 4. The third kappa shape index (κ3) is 3.14. The van der Waals surface area contributed by atoms with Gasteiger partial charge >= 0.3 is 0 Å². The Bertz CT molecular complexity index is 1340. The summed E-state index contributed by atoms with van der Waals surface area (Å²) in [5.41, 5.74) is 5.21. The van der Waals surface area contributed by atoms with Gasteiger partial charge in [0.1, 0.15) is 5.82 Å². The molecule has 0 fully saturated rings. The minimum absolute atomic E-state index is 0.252. The number of carbonyl (C=O) groups excluding carboxylic acids is 1. The second kappa shape index (κ2) is 7.23. The van der Waals surface area contributed by atoms with E-state index in [1.807, 2.05) is 37.3 Å². The zero-order valence-corrected chi connectivity index (χ0v) is 17.4. The van der Waals surface area contributed by atoms with Gasteiger partial charge in [-0.15, -0.1) is 0 Å². The highest BCUT2D eigenvalue weighted by atomic mass is 35.5. The van der Waals surface area contributed by atoms with Gasteiger partial charge in [-0.3, -0.25) is 14.3 Å². The highest BCUT2D eigenvalue weighted by molar-refractivity contribution is 6.37. The van der Waals surface area contributed by atoms with Crippen LogP contribution in [0.4, 0.5) is 5.69 Å². The van der Waals surface area contributed by atoms with E-state index in [-0.39, 0.29) is 12.5 Å². The maximum absolute atomic E-state index is 12.4. The molecule has 0 bridgehead atoms. The SMILES string of the molecule is Cc1nc2ccncc2n1-c1ccc(C2=Nc3c(Cl)cc(Cl)cc3C(=O)NC2)cc1. The lowest BCUT2D eigenvalue weighted by atomic mass is 10.1. The summed E-state index contributed by atoms with van der Waals surface area (Å²) in [5.74, 6) is 0.625. The third-order valence-electron chi connectivity index (χ3n) is 5.02. The topological polar surface area (TPSA) is 72.2 Å². The Balaban J connectivity index is 1.56. The number of imidazole rings is 1. The molecule has 1 amide bonds. The largest absolute Gasteiger partial charge is 0.346 e. The number of rotatable bonds is 2. The molecular formula is C22H15Cl2N5O. The van der Waals surface area contributed by atoms with Crippen LogP contribution in [-0.4, -0.2) is 32.7 Å². The Kier molecular flexibility index (Phi) is 4.53. The molecule has 0 saturated heterocycles. The van der Waals surface area contributed by atoms with E-state index >= 15 is 0 Å². The standard InChI is InChI=1S/C22H15Cl2N5O/c1-12-27-18-6-7-25-11-20(18)29(12)15-4-2-13(3-5-15)19-10-26-22(30)16-8-14(23)9-17(24)21(16)28-19/h2-9,11H,10H2,1H3,(H,26,30). The van der Waals surface area contributed by atoms with E-state index in [9.17, 15) is 4.79 Å². The predicted molar refractivity (Wildman–Crippen MR) is 119 cm³/mol. The molecule has 5 rings (SSSR count). The molecular weight excluding hydrogens is 421 g/mol. The predicted octanol–water partition coefficient (Wildman–Crippen LogP) is 4.90. The van der Waals surface area contributed by atoms with Gasteiger partial charge in [0.05, 0.1) is 45.8 Å². The van der Waals surface area contributed by atoms with Crippen LogP contribution in [0.1, 0.15) is 21.7 Å².